The van der Waals surface area contributed by atoms with Crippen molar-refractivity contribution in [2.24, 2.45) is 4.99 Å². The predicted octanol–water partition coefficient (Wildman–Crippen LogP) is 3.71. The van der Waals surface area contributed by atoms with Gasteiger partial charge in [-0.15, -0.1) is 0 Å². The minimum atomic E-state index is -0.574. The van der Waals surface area contributed by atoms with Gasteiger partial charge in [0.25, 0.3) is 5.56 Å². The summed E-state index contributed by atoms with van der Waals surface area (Å²) in [6.07, 6.45) is 1.87. The van der Waals surface area contributed by atoms with E-state index in [-0.39, 0.29) is 12.2 Å². The quantitative estimate of drug-likeness (QED) is 0.372. The summed E-state index contributed by atoms with van der Waals surface area (Å²) in [5.41, 5.74) is 3.71. The molecular weight excluding hydrogens is 523 g/mol. The van der Waals surface area contributed by atoms with Crippen LogP contribution in [-0.2, 0) is 9.53 Å². The highest BCUT2D eigenvalue weighted by Crippen LogP contribution is 2.30. The average molecular weight is 544 g/mol. The highest BCUT2D eigenvalue weighted by Gasteiger charge is 2.33. The Bertz CT molecular complexity index is 1350. The zero-order chi connectivity index (χ0) is 22.1. The molecule has 0 unspecified atom stereocenters. The molecule has 0 N–H and O–H groups in total. The SMILES string of the molecule is CCOC(=O)C1=C(C)N=c2s/c(=C\c3ccc(I)cc3)c(=O)n2[C@H]1c1ccc(C)cc1. The monoisotopic (exact) mass is 544 g/mol. The van der Waals surface area contributed by atoms with Crippen molar-refractivity contribution in [1.82, 2.24) is 4.57 Å². The van der Waals surface area contributed by atoms with Crippen molar-refractivity contribution in [1.29, 1.82) is 0 Å². The van der Waals surface area contributed by atoms with Gasteiger partial charge in [-0.2, -0.15) is 0 Å². The van der Waals surface area contributed by atoms with Gasteiger partial charge in [-0.05, 0) is 72.7 Å². The number of carbonyl (C=O) groups is 1. The molecule has 4 rings (SSSR count). The van der Waals surface area contributed by atoms with Crippen LogP contribution in [0.25, 0.3) is 6.08 Å². The van der Waals surface area contributed by atoms with E-state index in [0.717, 1.165) is 20.3 Å². The van der Waals surface area contributed by atoms with E-state index >= 15 is 0 Å². The van der Waals surface area contributed by atoms with Gasteiger partial charge in [0.2, 0.25) is 0 Å². The van der Waals surface area contributed by atoms with Gasteiger partial charge in [-0.3, -0.25) is 9.36 Å². The van der Waals surface area contributed by atoms with Crippen LogP contribution in [0.5, 0.6) is 0 Å². The number of esters is 1. The molecule has 0 fully saturated rings. The molecule has 0 amide bonds. The van der Waals surface area contributed by atoms with Crippen LogP contribution in [0.2, 0.25) is 0 Å². The summed E-state index contributed by atoms with van der Waals surface area (Å²) in [5.74, 6) is -0.443. The first kappa shape index (κ1) is 21.7. The fourth-order valence-electron chi connectivity index (χ4n) is 3.57. The minimum absolute atomic E-state index is 0.165. The molecule has 0 saturated carbocycles. The van der Waals surface area contributed by atoms with E-state index in [2.05, 4.69) is 27.6 Å². The van der Waals surface area contributed by atoms with Gasteiger partial charge in [0.05, 0.1) is 28.5 Å². The lowest BCUT2D eigenvalue weighted by Crippen LogP contribution is -2.39. The lowest BCUT2D eigenvalue weighted by Gasteiger charge is -2.24. The third-order valence-corrected chi connectivity index (χ3v) is 6.78. The lowest BCUT2D eigenvalue weighted by atomic mass is 9.95. The number of allylic oxidation sites excluding steroid dienone is 1. The lowest BCUT2D eigenvalue weighted by molar-refractivity contribution is -0.139. The van der Waals surface area contributed by atoms with Crippen LogP contribution >= 0.6 is 33.9 Å². The van der Waals surface area contributed by atoms with Crippen molar-refractivity contribution in [2.45, 2.75) is 26.8 Å². The summed E-state index contributed by atoms with van der Waals surface area (Å²) in [6, 6.07) is 15.3. The van der Waals surface area contributed by atoms with Gasteiger partial charge >= 0.3 is 5.97 Å². The molecule has 0 radical (unpaired) electrons. The maximum absolute atomic E-state index is 13.5. The fraction of sp³-hybridized carbons (Fsp3) is 0.208. The second kappa shape index (κ2) is 8.92. The molecule has 31 heavy (non-hydrogen) atoms. The summed E-state index contributed by atoms with van der Waals surface area (Å²) in [6.45, 7) is 5.83. The fourth-order valence-corrected chi connectivity index (χ4v) is 4.97. The zero-order valence-corrected chi connectivity index (χ0v) is 20.4. The summed E-state index contributed by atoms with van der Waals surface area (Å²) in [4.78, 5) is 31.5. The molecule has 2 aromatic carbocycles. The summed E-state index contributed by atoms with van der Waals surface area (Å²) in [5, 5.41) is 0. The number of aromatic nitrogens is 1. The third-order valence-electron chi connectivity index (χ3n) is 5.08. The second-order valence-electron chi connectivity index (χ2n) is 7.26. The molecule has 0 bridgehead atoms. The van der Waals surface area contributed by atoms with Crippen LogP contribution < -0.4 is 14.9 Å². The van der Waals surface area contributed by atoms with Gasteiger partial charge in [-0.1, -0.05) is 53.3 Å². The smallest absolute Gasteiger partial charge is 0.338 e. The highest BCUT2D eigenvalue weighted by atomic mass is 127. The third kappa shape index (κ3) is 4.29. The molecule has 2 heterocycles. The van der Waals surface area contributed by atoms with E-state index in [1.807, 2.05) is 61.5 Å². The number of nitrogens with zero attached hydrogens (tertiary/aromatic N) is 2. The zero-order valence-electron chi connectivity index (χ0n) is 17.4. The largest absolute Gasteiger partial charge is 0.463 e. The summed E-state index contributed by atoms with van der Waals surface area (Å²) >= 11 is 3.58. The molecule has 0 spiro atoms. The van der Waals surface area contributed by atoms with Crippen molar-refractivity contribution in [2.75, 3.05) is 6.61 Å². The molecule has 7 heteroatoms. The maximum Gasteiger partial charge on any atom is 0.338 e. The number of benzene rings is 2. The first-order valence-corrected chi connectivity index (χ1v) is 11.8. The normalized spacial score (nSPS) is 16.1. The minimum Gasteiger partial charge on any atom is -0.463 e. The number of ether oxygens (including phenoxy) is 1. The van der Waals surface area contributed by atoms with Gasteiger partial charge in [-0.25, -0.2) is 9.79 Å². The molecule has 0 saturated heterocycles. The van der Waals surface area contributed by atoms with Gasteiger partial charge in [0.1, 0.15) is 0 Å². The van der Waals surface area contributed by atoms with Crippen LogP contribution in [0, 0.1) is 10.5 Å². The number of hydrogen-bond acceptors (Lipinski definition) is 5. The summed E-state index contributed by atoms with van der Waals surface area (Å²) in [7, 11) is 0. The molecule has 1 aliphatic rings. The van der Waals surface area contributed by atoms with Crippen LogP contribution in [0.15, 0.2) is 69.6 Å². The number of rotatable bonds is 4. The Morgan fingerprint density at radius 2 is 1.84 bits per heavy atom. The number of carbonyl (C=O) groups excluding carboxylic acids is 1. The molecule has 1 atom stereocenters. The van der Waals surface area contributed by atoms with E-state index in [9.17, 15) is 9.59 Å². The first-order valence-electron chi connectivity index (χ1n) is 9.91. The number of fused-ring (bicyclic) bond motifs is 1. The van der Waals surface area contributed by atoms with E-state index in [0.29, 0.717) is 20.6 Å². The van der Waals surface area contributed by atoms with E-state index in [1.165, 1.54) is 11.3 Å². The van der Waals surface area contributed by atoms with Crippen molar-refractivity contribution in [3.63, 3.8) is 0 Å². The van der Waals surface area contributed by atoms with Gasteiger partial charge in [0.15, 0.2) is 4.80 Å². The molecule has 0 aliphatic carbocycles. The molecule has 158 valence electrons. The molecular formula is C24H21IN2O3S. The maximum atomic E-state index is 13.5. The van der Waals surface area contributed by atoms with Crippen molar-refractivity contribution >= 4 is 46.0 Å². The first-order chi connectivity index (χ1) is 14.9. The number of hydrogen-bond donors (Lipinski definition) is 0. The molecule has 3 aromatic rings. The van der Waals surface area contributed by atoms with E-state index < -0.39 is 12.0 Å². The van der Waals surface area contributed by atoms with Gasteiger partial charge in [0, 0.05) is 3.57 Å². The van der Waals surface area contributed by atoms with Crippen LogP contribution in [-0.4, -0.2) is 17.1 Å². The Morgan fingerprint density at radius 3 is 2.48 bits per heavy atom. The molecule has 1 aromatic heterocycles. The van der Waals surface area contributed by atoms with E-state index in [1.54, 1.807) is 18.4 Å². The Balaban J connectivity index is 1.94. The number of aryl methyl sites for hydroxylation is 1. The molecule has 5 nitrogen and oxygen atoms in total. The van der Waals surface area contributed by atoms with Crippen molar-refractivity contribution in [3.05, 3.63) is 99.7 Å². The van der Waals surface area contributed by atoms with Crippen LogP contribution in [0.4, 0.5) is 0 Å². The Labute approximate surface area is 197 Å². The Kier molecular flexibility index (Phi) is 6.24. The molecule has 1 aliphatic heterocycles. The van der Waals surface area contributed by atoms with Crippen LogP contribution in [0.3, 0.4) is 0 Å². The average Bonchev–Trinajstić information content (AvgIpc) is 3.04. The van der Waals surface area contributed by atoms with Crippen molar-refractivity contribution in [3.8, 4) is 0 Å². The number of thiazole rings is 1. The Hall–Kier alpha value is -2.52. The number of halogens is 1. The highest BCUT2D eigenvalue weighted by molar-refractivity contribution is 14.1. The second-order valence-corrected chi connectivity index (χ2v) is 9.52. The van der Waals surface area contributed by atoms with Crippen molar-refractivity contribution < 1.29 is 9.53 Å². The standard InChI is InChI=1S/C24H21IN2O3S/c1-4-30-23(29)20-15(3)26-24-27(21(20)17-9-5-14(2)6-10-17)22(28)19(31-24)13-16-7-11-18(25)12-8-16/h5-13,21H,4H2,1-3H3/b19-13-/t21-/m0/s1. The van der Waals surface area contributed by atoms with E-state index in [4.69, 9.17) is 4.74 Å². The van der Waals surface area contributed by atoms with Crippen LogP contribution in [0.1, 0.15) is 36.6 Å². The Morgan fingerprint density at radius 1 is 1.16 bits per heavy atom. The van der Waals surface area contributed by atoms with Gasteiger partial charge < -0.3 is 4.74 Å². The summed E-state index contributed by atoms with van der Waals surface area (Å²) < 4.78 is 8.65. The topological polar surface area (TPSA) is 60.7 Å². The predicted molar refractivity (Wildman–Crippen MR) is 131 cm³/mol.